The van der Waals surface area contributed by atoms with Crippen LogP contribution >= 0.6 is 22.9 Å². The van der Waals surface area contributed by atoms with E-state index in [1.165, 1.54) is 11.3 Å². The fourth-order valence-electron chi connectivity index (χ4n) is 1.54. The van der Waals surface area contributed by atoms with E-state index in [9.17, 15) is 9.90 Å². The molecule has 0 aliphatic carbocycles. The number of anilines is 1. The van der Waals surface area contributed by atoms with Crippen LogP contribution < -0.4 is 5.32 Å². The van der Waals surface area contributed by atoms with Gasteiger partial charge >= 0.3 is 5.97 Å². The second-order valence-electron chi connectivity index (χ2n) is 3.72. The molecule has 1 aromatic carbocycles. The minimum absolute atomic E-state index is 0.612. The number of nitrogens with zero attached hydrogens (tertiary/aromatic N) is 1. The Bertz CT molecular complexity index is 553. The number of rotatable bonds is 4. The van der Waals surface area contributed by atoms with Crippen LogP contribution in [0.4, 0.5) is 5.69 Å². The van der Waals surface area contributed by atoms with Crippen molar-refractivity contribution in [3.8, 4) is 0 Å². The molecule has 0 fully saturated rings. The van der Waals surface area contributed by atoms with E-state index < -0.39 is 12.0 Å². The average Bonchev–Trinajstić information content (AvgIpc) is 2.74. The van der Waals surface area contributed by atoms with Gasteiger partial charge in [0.15, 0.2) is 6.04 Å². The first kappa shape index (κ1) is 12.9. The first-order chi connectivity index (χ1) is 8.58. The van der Waals surface area contributed by atoms with Crippen molar-refractivity contribution in [3.63, 3.8) is 0 Å². The third-order valence-corrected chi connectivity index (χ3v) is 3.69. The van der Waals surface area contributed by atoms with Crippen LogP contribution in [0.25, 0.3) is 0 Å². The quantitative estimate of drug-likeness (QED) is 0.903. The summed E-state index contributed by atoms with van der Waals surface area (Å²) in [6, 6.07) is 6.12. The minimum atomic E-state index is -0.933. The Morgan fingerprint density at radius 3 is 2.61 bits per heavy atom. The van der Waals surface area contributed by atoms with E-state index in [1.54, 1.807) is 36.7 Å². The van der Waals surface area contributed by atoms with Gasteiger partial charge in [-0.1, -0.05) is 11.6 Å². The largest absolute Gasteiger partial charge is 0.479 e. The van der Waals surface area contributed by atoms with Crippen LogP contribution in [-0.2, 0) is 4.79 Å². The molecule has 4 nitrogen and oxygen atoms in total. The molecular weight excluding hydrogens is 272 g/mol. The number of thiazole rings is 1. The number of hydrogen-bond acceptors (Lipinski definition) is 4. The van der Waals surface area contributed by atoms with Crippen molar-refractivity contribution < 1.29 is 9.90 Å². The van der Waals surface area contributed by atoms with Crippen molar-refractivity contribution in [2.45, 2.75) is 13.0 Å². The lowest BCUT2D eigenvalue weighted by Crippen LogP contribution is -2.20. The molecule has 0 aliphatic heterocycles. The lowest BCUT2D eigenvalue weighted by atomic mass is 10.2. The van der Waals surface area contributed by atoms with Gasteiger partial charge in [-0.25, -0.2) is 9.78 Å². The molecule has 0 bridgehead atoms. The van der Waals surface area contributed by atoms with Crippen molar-refractivity contribution in [1.82, 2.24) is 4.98 Å². The molecule has 0 saturated heterocycles. The highest BCUT2D eigenvalue weighted by Gasteiger charge is 2.23. The Morgan fingerprint density at radius 1 is 1.44 bits per heavy atom. The summed E-state index contributed by atoms with van der Waals surface area (Å²) in [7, 11) is 0. The number of aryl methyl sites for hydroxylation is 1. The Labute approximate surface area is 113 Å². The molecule has 1 unspecified atom stereocenters. The number of nitrogens with one attached hydrogen (secondary N) is 1. The average molecular weight is 283 g/mol. The molecule has 2 aromatic rings. The van der Waals surface area contributed by atoms with Gasteiger partial charge in [0.25, 0.3) is 0 Å². The van der Waals surface area contributed by atoms with Crippen LogP contribution in [0.1, 0.15) is 16.6 Å². The predicted molar refractivity (Wildman–Crippen MR) is 72.3 cm³/mol. The summed E-state index contributed by atoms with van der Waals surface area (Å²) in [4.78, 5) is 16.1. The Morgan fingerprint density at radius 2 is 2.11 bits per heavy atom. The lowest BCUT2D eigenvalue weighted by Gasteiger charge is -2.14. The number of hydrogen-bond donors (Lipinski definition) is 2. The molecule has 0 radical (unpaired) electrons. The standard InChI is InChI=1S/C12H11ClN2O2S/c1-7-11(18-6-14-7)10(12(16)17)15-9-4-2-8(13)3-5-9/h2-6,10,15H,1H3,(H,16,17). The van der Waals surface area contributed by atoms with Crippen LogP contribution in [0.15, 0.2) is 29.8 Å². The number of carboxylic acid groups (broad SMARTS) is 1. The third-order valence-electron chi connectivity index (χ3n) is 2.45. The van der Waals surface area contributed by atoms with Gasteiger partial charge in [-0.2, -0.15) is 0 Å². The van der Waals surface area contributed by atoms with Crippen molar-refractivity contribution in [3.05, 3.63) is 45.4 Å². The zero-order valence-electron chi connectivity index (χ0n) is 9.55. The van der Waals surface area contributed by atoms with E-state index in [-0.39, 0.29) is 0 Å². The number of aliphatic carboxylic acids is 1. The maximum absolute atomic E-state index is 11.3. The van der Waals surface area contributed by atoms with Crippen molar-refractivity contribution in [2.24, 2.45) is 0 Å². The fraction of sp³-hybridized carbons (Fsp3) is 0.167. The van der Waals surface area contributed by atoms with E-state index in [4.69, 9.17) is 11.6 Å². The second kappa shape index (κ2) is 5.37. The normalized spacial score (nSPS) is 12.1. The number of halogens is 1. The number of carboxylic acids is 1. The molecule has 18 heavy (non-hydrogen) atoms. The number of carbonyl (C=O) groups is 1. The summed E-state index contributed by atoms with van der Waals surface area (Å²) in [5.74, 6) is -0.933. The molecule has 0 aliphatic rings. The van der Waals surface area contributed by atoms with E-state index >= 15 is 0 Å². The number of benzene rings is 1. The zero-order chi connectivity index (χ0) is 13.1. The van der Waals surface area contributed by atoms with Crippen LogP contribution in [0, 0.1) is 6.92 Å². The smallest absolute Gasteiger partial charge is 0.331 e. The highest BCUT2D eigenvalue weighted by molar-refractivity contribution is 7.10. The van der Waals surface area contributed by atoms with E-state index in [0.29, 0.717) is 15.6 Å². The van der Waals surface area contributed by atoms with Gasteiger partial charge < -0.3 is 10.4 Å². The molecule has 0 spiro atoms. The van der Waals surface area contributed by atoms with Gasteiger partial charge in [0.2, 0.25) is 0 Å². The molecule has 1 heterocycles. The molecule has 2 N–H and O–H groups in total. The molecule has 1 atom stereocenters. The highest BCUT2D eigenvalue weighted by atomic mass is 35.5. The van der Waals surface area contributed by atoms with Gasteiger partial charge in [-0.3, -0.25) is 0 Å². The van der Waals surface area contributed by atoms with Crippen LogP contribution in [0.2, 0.25) is 5.02 Å². The van der Waals surface area contributed by atoms with Gasteiger partial charge in [-0.05, 0) is 31.2 Å². The highest BCUT2D eigenvalue weighted by Crippen LogP contribution is 2.26. The monoisotopic (exact) mass is 282 g/mol. The van der Waals surface area contributed by atoms with E-state index in [2.05, 4.69) is 10.3 Å². The fourth-order valence-corrected chi connectivity index (χ4v) is 2.51. The van der Waals surface area contributed by atoms with Crippen LogP contribution in [0.5, 0.6) is 0 Å². The summed E-state index contributed by atoms with van der Waals surface area (Å²) in [5.41, 5.74) is 3.08. The third kappa shape index (κ3) is 2.80. The van der Waals surface area contributed by atoms with Gasteiger partial charge in [-0.15, -0.1) is 11.3 Å². The topological polar surface area (TPSA) is 62.2 Å². The molecule has 94 valence electrons. The van der Waals surface area contributed by atoms with E-state index in [1.807, 2.05) is 0 Å². The summed E-state index contributed by atoms with van der Waals surface area (Å²) in [6.07, 6.45) is 0. The maximum Gasteiger partial charge on any atom is 0.331 e. The SMILES string of the molecule is Cc1ncsc1C(Nc1ccc(Cl)cc1)C(=O)O. The molecule has 6 heteroatoms. The molecule has 0 saturated carbocycles. The zero-order valence-corrected chi connectivity index (χ0v) is 11.1. The Balaban J connectivity index is 2.25. The van der Waals surface area contributed by atoms with Crippen molar-refractivity contribution in [1.29, 1.82) is 0 Å². The second-order valence-corrected chi connectivity index (χ2v) is 5.05. The molecule has 0 amide bonds. The van der Waals surface area contributed by atoms with Gasteiger partial charge in [0.1, 0.15) is 0 Å². The molecule has 1 aromatic heterocycles. The maximum atomic E-state index is 11.3. The lowest BCUT2D eigenvalue weighted by molar-refractivity contribution is -0.138. The summed E-state index contributed by atoms with van der Waals surface area (Å²) in [6.45, 7) is 1.80. The molecule has 2 rings (SSSR count). The Hall–Kier alpha value is -1.59. The predicted octanol–water partition coefficient (Wildman–Crippen LogP) is 3.34. The molecular formula is C12H11ClN2O2S. The van der Waals surface area contributed by atoms with Crippen molar-refractivity contribution >= 4 is 34.6 Å². The minimum Gasteiger partial charge on any atom is -0.479 e. The first-order valence-corrected chi connectivity index (χ1v) is 6.48. The first-order valence-electron chi connectivity index (χ1n) is 5.23. The van der Waals surface area contributed by atoms with Gasteiger partial charge in [0.05, 0.1) is 16.1 Å². The Kier molecular flexibility index (Phi) is 3.84. The summed E-state index contributed by atoms with van der Waals surface area (Å²) in [5, 5.41) is 12.8. The van der Waals surface area contributed by atoms with Crippen molar-refractivity contribution in [2.75, 3.05) is 5.32 Å². The van der Waals surface area contributed by atoms with E-state index in [0.717, 1.165) is 5.69 Å². The van der Waals surface area contributed by atoms with Crippen LogP contribution in [-0.4, -0.2) is 16.1 Å². The summed E-state index contributed by atoms with van der Waals surface area (Å²) >= 11 is 7.11. The number of aromatic nitrogens is 1. The van der Waals surface area contributed by atoms with Crippen LogP contribution in [0.3, 0.4) is 0 Å². The summed E-state index contributed by atoms with van der Waals surface area (Å²) < 4.78 is 0. The van der Waals surface area contributed by atoms with Gasteiger partial charge in [0, 0.05) is 10.7 Å².